The molecule has 1 atom stereocenters. The summed E-state index contributed by atoms with van der Waals surface area (Å²) in [5, 5.41) is 2.50. The summed E-state index contributed by atoms with van der Waals surface area (Å²) in [6.45, 7) is 3.24. The fourth-order valence-corrected chi connectivity index (χ4v) is 1.58. The van der Waals surface area contributed by atoms with Gasteiger partial charge in [-0.25, -0.2) is 9.18 Å². The van der Waals surface area contributed by atoms with Gasteiger partial charge in [-0.15, -0.1) is 0 Å². The van der Waals surface area contributed by atoms with Gasteiger partial charge < -0.3 is 10.1 Å². The zero-order valence-corrected chi connectivity index (χ0v) is 10.4. The highest BCUT2D eigenvalue weighted by Crippen LogP contribution is 2.07. The minimum Gasteiger partial charge on any atom is -0.464 e. The molecule has 0 saturated heterocycles. The van der Waals surface area contributed by atoms with Gasteiger partial charge in [0.1, 0.15) is 11.9 Å². The van der Waals surface area contributed by atoms with E-state index in [1.165, 1.54) is 19.1 Å². The number of halogens is 1. The van der Waals surface area contributed by atoms with Crippen LogP contribution in [0.3, 0.4) is 0 Å². The Morgan fingerprint density at radius 2 is 2.17 bits per heavy atom. The molecule has 1 aromatic rings. The Labute approximate surface area is 105 Å². The first-order valence-corrected chi connectivity index (χ1v) is 5.71. The minimum atomic E-state index is -0.788. The molecule has 0 heterocycles. The Kier molecular flexibility index (Phi) is 5.30. The SMILES string of the molecule is CCOC(=O)[C@@H](Cc1cccc(F)c1)NC(C)=O. The Morgan fingerprint density at radius 3 is 2.72 bits per heavy atom. The first kappa shape index (κ1) is 14.2. The van der Waals surface area contributed by atoms with Gasteiger partial charge in [0.25, 0.3) is 0 Å². The fraction of sp³-hybridized carbons (Fsp3) is 0.385. The topological polar surface area (TPSA) is 55.4 Å². The van der Waals surface area contributed by atoms with E-state index in [9.17, 15) is 14.0 Å². The van der Waals surface area contributed by atoms with Crippen LogP contribution in [0.25, 0.3) is 0 Å². The van der Waals surface area contributed by atoms with Gasteiger partial charge in [0.15, 0.2) is 0 Å². The van der Waals surface area contributed by atoms with Crippen LogP contribution >= 0.6 is 0 Å². The maximum Gasteiger partial charge on any atom is 0.328 e. The minimum absolute atomic E-state index is 0.205. The molecule has 0 aliphatic rings. The first-order valence-electron chi connectivity index (χ1n) is 5.71. The first-order chi connectivity index (χ1) is 8.52. The van der Waals surface area contributed by atoms with Gasteiger partial charge in [-0.3, -0.25) is 4.79 Å². The summed E-state index contributed by atoms with van der Waals surface area (Å²) in [6.07, 6.45) is 0.205. The second-order valence-corrected chi connectivity index (χ2v) is 3.84. The molecule has 0 spiro atoms. The monoisotopic (exact) mass is 253 g/mol. The van der Waals surface area contributed by atoms with Gasteiger partial charge in [0, 0.05) is 13.3 Å². The number of carbonyl (C=O) groups excluding carboxylic acids is 2. The molecule has 0 fully saturated rings. The van der Waals surface area contributed by atoms with Crippen LogP contribution in [0.5, 0.6) is 0 Å². The number of nitrogens with one attached hydrogen (secondary N) is 1. The Bertz CT molecular complexity index is 434. The number of esters is 1. The number of ether oxygens (including phenoxy) is 1. The van der Waals surface area contributed by atoms with Crippen molar-refractivity contribution in [2.24, 2.45) is 0 Å². The van der Waals surface area contributed by atoms with E-state index in [-0.39, 0.29) is 24.8 Å². The lowest BCUT2D eigenvalue weighted by molar-refractivity contribution is -0.147. The lowest BCUT2D eigenvalue weighted by atomic mass is 10.1. The molecule has 0 unspecified atom stereocenters. The number of rotatable bonds is 5. The smallest absolute Gasteiger partial charge is 0.328 e. The number of hydrogen-bond acceptors (Lipinski definition) is 3. The van der Waals surface area contributed by atoms with Crippen molar-refractivity contribution in [2.75, 3.05) is 6.61 Å². The van der Waals surface area contributed by atoms with Crippen molar-refractivity contribution >= 4 is 11.9 Å². The number of carbonyl (C=O) groups is 2. The molecule has 1 N–H and O–H groups in total. The predicted octanol–water partition coefficient (Wildman–Crippen LogP) is 1.44. The molecule has 0 aliphatic carbocycles. The molecule has 0 bridgehead atoms. The van der Waals surface area contributed by atoms with E-state index >= 15 is 0 Å². The Morgan fingerprint density at radius 1 is 1.44 bits per heavy atom. The number of benzene rings is 1. The molecule has 18 heavy (non-hydrogen) atoms. The lowest BCUT2D eigenvalue weighted by Crippen LogP contribution is -2.42. The Balaban J connectivity index is 2.77. The average Bonchev–Trinajstić information content (AvgIpc) is 2.28. The highest BCUT2D eigenvalue weighted by atomic mass is 19.1. The summed E-state index contributed by atoms with van der Waals surface area (Å²) in [6, 6.07) is 5.11. The quantitative estimate of drug-likeness (QED) is 0.808. The third-order valence-electron chi connectivity index (χ3n) is 2.28. The largest absolute Gasteiger partial charge is 0.464 e. The second-order valence-electron chi connectivity index (χ2n) is 3.84. The standard InChI is InChI=1S/C13H16FNO3/c1-3-18-13(17)12(15-9(2)16)8-10-5-4-6-11(14)7-10/h4-7,12H,3,8H2,1-2H3,(H,15,16)/t12-/m1/s1. The fourth-order valence-electron chi connectivity index (χ4n) is 1.58. The molecular weight excluding hydrogens is 237 g/mol. The van der Waals surface area contributed by atoms with Crippen LogP contribution in [0, 0.1) is 5.82 Å². The molecule has 98 valence electrons. The zero-order valence-electron chi connectivity index (χ0n) is 10.4. The molecule has 1 rings (SSSR count). The average molecular weight is 253 g/mol. The van der Waals surface area contributed by atoms with Gasteiger partial charge in [0.2, 0.25) is 5.91 Å². The van der Waals surface area contributed by atoms with Crippen LogP contribution in [-0.4, -0.2) is 24.5 Å². The van der Waals surface area contributed by atoms with Crippen molar-refractivity contribution in [1.82, 2.24) is 5.32 Å². The van der Waals surface area contributed by atoms with Crippen molar-refractivity contribution in [3.63, 3.8) is 0 Å². The molecule has 0 radical (unpaired) electrons. The van der Waals surface area contributed by atoms with E-state index in [0.29, 0.717) is 5.56 Å². The van der Waals surface area contributed by atoms with Crippen molar-refractivity contribution < 1.29 is 18.7 Å². The molecule has 1 amide bonds. The summed E-state index contributed by atoms with van der Waals surface area (Å²) >= 11 is 0. The maximum atomic E-state index is 13.0. The third-order valence-corrected chi connectivity index (χ3v) is 2.28. The van der Waals surface area contributed by atoms with Crippen LogP contribution in [-0.2, 0) is 20.7 Å². The molecular formula is C13H16FNO3. The van der Waals surface area contributed by atoms with E-state index < -0.39 is 12.0 Å². The highest BCUT2D eigenvalue weighted by molar-refractivity contribution is 5.83. The molecule has 0 aliphatic heterocycles. The lowest BCUT2D eigenvalue weighted by Gasteiger charge is -2.16. The van der Waals surface area contributed by atoms with Gasteiger partial charge in [-0.2, -0.15) is 0 Å². The number of hydrogen-bond donors (Lipinski definition) is 1. The highest BCUT2D eigenvalue weighted by Gasteiger charge is 2.21. The van der Waals surface area contributed by atoms with Crippen LogP contribution in [0.1, 0.15) is 19.4 Å². The zero-order chi connectivity index (χ0) is 13.5. The van der Waals surface area contributed by atoms with E-state index in [1.807, 2.05) is 0 Å². The summed E-state index contributed by atoms with van der Waals surface area (Å²) in [5.41, 5.74) is 0.627. The molecule has 4 nitrogen and oxygen atoms in total. The normalized spacial score (nSPS) is 11.7. The maximum absolute atomic E-state index is 13.0. The van der Waals surface area contributed by atoms with Crippen molar-refractivity contribution in [3.8, 4) is 0 Å². The second kappa shape index (κ2) is 6.74. The molecule has 5 heteroatoms. The van der Waals surface area contributed by atoms with Crippen LogP contribution < -0.4 is 5.32 Å². The van der Waals surface area contributed by atoms with E-state index in [0.717, 1.165) is 0 Å². The van der Waals surface area contributed by atoms with Gasteiger partial charge >= 0.3 is 5.97 Å². The molecule has 0 saturated carbocycles. The van der Waals surface area contributed by atoms with E-state index in [1.54, 1.807) is 19.1 Å². The summed E-state index contributed by atoms with van der Waals surface area (Å²) in [4.78, 5) is 22.7. The van der Waals surface area contributed by atoms with Crippen molar-refractivity contribution in [3.05, 3.63) is 35.6 Å². The van der Waals surface area contributed by atoms with Crippen LogP contribution in [0.15, 0.2) is 24.3 Å². The van der Waals surface area contributed by atoms with E-state index in [2.05, 4.69) is 5.32 Å². The predicted molar refractivity (Wildman–Crippen MR) is 64.3 cm³/mol. The number of amides is 1. The third kappa shape index (κ3) is 4.53. The summed E-state index contributed by atoms with van der Waals surface area (Å²) < 4.78 is 17.9. The van der Waals surface area contributed by atoms with Crippen molar-refractivity contribution in [1.29, 1.82) is 0 Å². The molecule has 1 aromatic carbocycles. The van der Waals surface area contributed by atoms with Crippen LogP contribution in [0.2, 0.25) is 0 Å². The summed E-state index contributed by atoms with van der Waals surface area (Å²) in [7, 11) is 0. The van der Waals surface area contributed by atoms with Gasteiger partial charge in [-0.05, 0) is 24.6 Å². The summed E-state index contributed by atoms with van der Waals surface area (Å²) in [5.74, 6) is -1.22. The van der Waals surface area contributed by atoms with Gasteiger partial charge in [0.05, 0.1) is 6.61 Å². The van der Waals surface area contributed by atoms with Crippen LogP contribution in [0.4, 0.5) is 4.39 Å². The Hall–Kier alpha value is -1.91. The van der Waals surface area contributed by atoms with E-state index in [4.69, 9.17) is 4.74 Å². The molecule has 0 aromatic heterocycles. The van der Waals surface area contributed by atoms with Crippen molar-refractivity contribution in [2.45, 2.75) is 26.3 Å². The van der Waals surface area contributed by atoms with Gasteiger partial charge in [-0.1, -0.05) is 12.1 Å².